The van der Waals surface area contributed by atoms with E-state index in [2.05, 4.69) is 143 Å². The number of benzene rings is 4. The van der Waals surface area contributed by atoms with Crippen molar-refractivity contribution in [3.05, 3.63) is 137 Å². The molecule has 5 heteroatoms. The third-order valence-electron chi connectivity index (χ3n) is 12.0. The van der Waals surface area contributed by atoms with Gasteiger partial charge in [-0.15, -0.1) is 11.3 Å². The van der Waals surface area contributed by atoms with Gasteiger partial charge in [-0.3, -0.25) is 0 Å². The fraction of sp³-hybridized carbons (Fsp3) is 0.472. The quantitative estimate of drug-likeness (QED) is 0.178. The Labute approximate surface area is 354 Å². The van der Waals surface area contributed by atoms with Crippen LogP contribution in [0.3, 0.4) is 0 Å². The van der Waals surface area contributed by atoms with Crippen LogP contribution in [0.2, 0.25) is 0 Å². The summed E-state index contributed by atoms with van der Waals surface area (Å²) in [6.45, 7) is 27.6. The SMILES string of the molecule is COc1c2cc(C(C)(C)C)cc1Cc1cc(C(C)(C)C)cc(c1OC)Cc1cc(C(C)(C)C)cc(c1OC)Cc1cc(C(C)(C)C)cc(c1OC)Cc1sccc1C2. The smallest absolute Gasteiger partial charge is 0.125 e. The zero-order chi connectivity index (χ0) is 42.5. The molecule has 0 fully saturated rings. The second-order valence-corrected chi connectivity index (χ2v) is 21.6. The van der Waals surface area contributed by atoms with E-state index < -0.39 is 0 Å². The van der Waals surface area contributed by atoms with Crippen molar-refractivity contribution in [3.63, 3.8) is 0 Å². The molecule has 0 aliphatic heterocycles. The molecule has 8 bridgehead atoms. The minimum atomic E-state index is -0.0856. The Balaban J connectivity index is 1.75. The summed E-state index contributed by atoms with van der Waals surface area (Å²) in [6.07, 6.45) is 3.58. The van der Waals surface area contributed by atoms with E-state index in [4.69, 9.17) is 18.9 Å². The lowest BCUT2D eigenvalue weighted by Gasteiger charge is -2.27. The number of methoxy groups -OCH3 is 4. The van der Waals surface area contributed by atoms with Gasteiger partial charge < -0.3 is 18.9 Å². The van der Waals surface area contributed by atoms with Crippen LogP contribution in [-0.4, -0.2) is 28.4 Å². The van der Waals surface area contributed by atoms with Gasteiger partial charge in [0.25, 0.3) is 0 Å². The van der Waals surface area contributed by atoms with Crippen molar-refractivity contribution >= 4 is 11.3 Å². The van der Waals surface area contributed by atoms with Gasteiger partial charge in [0.15, 0.2) is 0 Å². The van der Waals surface area contributed by atoms with E-state index in [0.29, 0.717) is 19.3 Å². The van der Waals surface area contributed by atoms with Crippen molar-refractivity contribution in [3.8, 4) is 23.0 Å². The third kappa shape index (κ3) is 9.00. The minimum Gasteiger partial charge on any atom is -0.496 e. The molecule has 0 amide bonds. The summed E-state index contributed by atoms with van der Waals surface area (Å²) < 4.78 is 25.8. The lowest BCUT2D eigenvalue weighted by atomic mass is 9.80. The predicted octanol–water partition coefficient (Wildman–Crippen LogP) is 13.2. The van der Waals surface area contributed by atoms with E-state index in [9.17, 15) is 0 Å². The third-order valence-corrected chi connectivity index (χ3v) is 12.9. The van der Waals surface area contributed by atoms with E-state index in [1.165, 1.54) is 54.9 Å². The van der Waals surface area contributed by atoms with Crippen molar-refractivity contribution in [2.75, 3.05) is 28.4 Å². The van der Waals surface area contributed by atoms with Gasteiger partial charge in [-0.2, -0.15) is 0 Å². The molecule has 1 aromatic heterocycles. The van der Waals surface area contributed by atoms with Crippen LogP contribution in [0.4, 0.5) is 0 Å². The highest BCUT2D eigenvalue weighted by atomic mass is 32.1. The zero-order valence-electron chi connectivity index (χ0n) is 38.4. The van der Waals surface area contributed by atoms with Crippen molar-refractivity contribution in [2.24, 2.45) is 0 Å². The standard InChI is InChI=1S/C53H68O4S/c1-50(2,3)41-23-33-19-32-17-18-58-45(32)31-40-30-44(53(10,11)12)29-39(49(40)57-16)22-38-28-43(52(7,8)9)27-37(48(38)56-15)21-36-26-42(51(4,5)6)25-35(47(36)55-14)20-34(24-41)46(33)54-13/h17-18,23-30H,19-22,31H2,1-16H3. The molecule has 1 aliphatic carbocycles. The van der Waals surface area contributed by atoms with E-state index in [1.807, 2.05) is 39.8 Å². The van der Waals surface area contributed by atoms with Crippen LogP contribution in [-0.2, 0) is 53.8 Å². The molecular weight excluding hydrogens is 733 g/mol. The van der Waals surface area contributed by atoms with Gasteiger partial charge in [0.05, 0.1) is 28.4 Å². The summed E-state index contributed by atoms with van der Waals surface area (Å²) in [5.74, 6) is 3.75. The first kappa shape index (κ1) is 43.4. The number of thiophene rings is 1. The summed E-state index contributed by atoms with van der Waals surface area (Å²) in [4.78, 5) is 1.34. The number of rotatable bonds is 4. The highest BCUT2D eigenvalue weighted by Gasteiger charge is 2.28. The minimum absolute atomic E-state index is 0.0602. The molecule has 0 unspecified atom stereocenters. The van der Waals surface area contributed by atoms with E-state index in [0.717, 1.165) is 58.1 Å². The van der Waals surface area contributed by atoms with Crippen molar-refractivity contribution in [1.29, 1.82) is 0 Å². The van der Waals surface area contributed by atoms with Crippen LogP contribution in [0, 0.1) is 0 Å². The molecule has 1 heterocycles. The summed E-state index contributed by atoms with van der Waals surface area (Å²) >= 11 is 1.83. The van der Waals surface area contributed by atoms with Gasteiger partial charge in [0, 0.05) is 37.0 Å². The fourth-order valence-corrected chi connectivity index (χ4v) is 9.45. The highest BCUT2D eigenvalue weighted by molar-refractivity contribution is 7.10. The monoisotopic (exact) mass is 800 g/mol. The molecule has 4 nitrogen and oxygen atoms in total. The Morgan fingerprint density at radius 2 is 0.569 bits per heavy atom. The number of ether oxygens (including phenoxy) is 4. The predicted molar refractivity (Wildman–Crippen MR) is 245 cm³/mol. The molecule has 6 rings (SSSR count). The van der Waals surface area contributed by atoms with Gasteiger partial charge in [-0.1, -0.05) is 132 Å². The Kier molecular flexibility index (Phi) is 12.0. The second-order valence-electron chi connectivity index (χ2n) is 20.6. The molecule has 58 heavy (non-hydrogen) atoms. The molecule has 310 valence electrons. The summed E-state index contributed by atoms with van der Waals surface area (Å²) in [5, 5.41) is 2.24. The van der Waals surface area contributed by atoms with Gasteiger partial charge >= 0.3 is 0 Å². The Morgan fingerprint density at radius 1 is 0.345 bits per heavy atom. The van der Waals surface area contributed by atoms with E-state index >= 15 is 0 Å². The van der Waals surface area contributed by atoms with Gasteiger partial charge in [0.2, 0.25) is 0 Å². The summed E-state index contributed by atoms with van der Waals surface area (Å²) in [5.41, 5.74) is 15.6. The highest BCUT2D eigenvalue weighted by Crippen LogP contribution is 2.43. The lowest BCUT2D eigenvalue weighted by molar-refractivity contribution is 0.397. The van der Waals surface area contributed by atoms with Crippen LogP contribution in [0.1, 0.15) is 160 Å². The first-order chi connectivity index (χ1) is 27.0. The first-order valence-electron chi connectivity index (χ1n) is 20.9. The second kappa shape index (κ2) is 16.1. The number of hydrogen-bond donors (Lipinski definition) is 0. The normalized spacial score (nSPS) is 13.9. The topological polar surface area (TPSA) is 36.9 Å². The molecular formula is C53H68O4S. The van der Waals surface area contributed by atoms with Crippen LogP contribution < -0.4 is 18.9 Å². The number of fused-ring (bicyclic) bond motifs is 9. The maximum absolute atomic E-state index is 6.47. The zero-order valence-corrected chi connectivity index (χ0v) is 39.2. The maximum atomic E-state index is 6.47. The van der Waals surface area contributed by atoms with Crippen molar-refractivity contribution in [1.82, 2.24) is 0 Å². The molecule has 5 aromatic rings. The molecule has 0 atom stereocenters. The Morgan fingerprint density at radius 3 is 0.793 bits per heavy atom. The van der Waals surface area contributed by atoms with Crippen molar-refractivity contribution < 1.29 is 18.9 Å². The van der Waals surface area contributed by atoms with E-state index in [-0.39, 0.29) is 21.7 Å². The van der Waals surface area contributed by atoms with Gasteiger partial charge in [-0.25, -0.2) is 0 Å². The van der Waals surface area contributed by atoms with Crippen LogP contribution in [0.15, 0.2) is 60.0 Å². The number of hydrogen-bond acceptors (Lipinski definition) is 5. The Bertz CT molecular complexity index is 2140. The maximum Gasteiger partial charge on any atom is 0.125 e. The average molecular weight is 801 g/mol. The molecule has 0 N–H and O–H groups in total. The van der Waals surface area contributed by atoms with Gasteiger partial charge in [-0.05, 0) is 105 Å². The summed E-state index contributed by atoms with van der Waals surface area (Å²) in [7, 11) is 7.30. The molecule has 0 saturated carbocycles. The Hall–Kier alpha value is -4.22. The molecule has 1 aliphatic rings. The van der Waals surface area contributed by atoms with Crippen LogP contribution >= 0.6 is 11.3 Å². The van der Waals surface area contributed by atoms with E-state index in [1.54, 1.807) is 0 Å². The van der Waals surface area contributed by atoms with Crippen molar-refractivity contribution in [2.45, 2.75) is 137 Å². The van der Waals surface area contributed by atoms with Crippen LogP contribution in [0.5, 0.6) is 23.0 Å². The molecule has 0 radical (unpaired) electrons. The molecule has 0 saturated heterocycles. The molecule has 0 spiro atoms. The van der Waals surface area contributed by atoms with Crippen LogP contribution in [0.25, 0.3) is 0 Å². The molecule has 4 aromatic carbocycles. The fourth-order valence-electron chi connectivity index (χ4n) is 8.52. The largest absolute Gasteiger partial charge is 0.496 e. The van der Waals surface area contributed by atoms with Gasteiger partial charge in [0.1, 0.15) is 23.0 Å². The first-order valence-corrected chi connectivity index (χ1v) is 21.8. The average Bonchev–Trinajstić information content (AvgIpc) is 3.55. The lowest BCUT2D eigenvalue weighted by Crippen LogP contribution is -2.16. The summed E-state index contributed by atoms with van der Waals surface area (Å²) in [6, 6.07) is 21.3.